The van der Waals surface area contributed by atoms with E-state index in [-0.39, 0.29) is 11.7 Å². The van der Waals surface area contributed by atoms with Crippen molar-refractivity contribution in [3.8, 4) is 11.1 Å². The monoisotopic (exact) mass is 282 g/mol. The van der Waals surface area contributed by atoms with Gasteiger partial charge in [-0.25, -0.2) is 4.39 Å². The van der Waals surface area contributed by atoms with E-state index in [1.807, 2.05) is 43.3 Å². The molecule has 0 spiro atoms. The van der Waals surface area contributed by atoms with Gasteiger partial charge >= 0.3 is 0 Å². The van der Waals surface area contributed by atoms with Gasteiger partial charge in [-0.3, -0.25) is 0 Å². The molecule has 0 aliphatic carbocycles. The third kappa shape index (κ3) is 2.70. The summed E-state index contributed by atoms with van der Waals surface area (Å²) in [5.74, 6) is 0.699. The van der Waals surface area contributed by atoms with Crippen LogP contribution in [0, 0.1) is 12.7 Å². The van der Waals surface area contributed by atoms with E-state index in [4.69, 9.17) is 4.52 Å². The Labute approximate surface area is 122 Å². The molecule has 0 aliphatic heterocycles. The smallest absolute Gasteiger partial charge is 0.233 e. The van der Waals surface area contributed by atoms with E-state index in [9.17, 15) is 4.39 Å². The Morgan fingerprint density at radius 3 is 2.48 bits per heavy atom. The van der Waals surface area contributed by atoms with Gasteiger partial charge < -0.3 is 4.52 Å². The molecule has 0 saturated carbocycles. The van der Waals surface area contributed by atoms with Gasteiger partial charge in [0.25, 0.3) is 0 Å². The third-order valence-corrected chi connectivity index (χ3v) is 3.49. The van der Waals surface area contributed by atoms with Gasteiger partial charge in [-0.2, -0.15) is 4.98 Å². The van der Waals surface area contributed by atoms with Crippen LogP contribution in [0.1, 0.15) is 30.1 Å². The first-order chi connectivity index (χ1) is 10.1. The summed E-state index contributed by atoms with van der Waals surface area (Å²) in [6.07, 6.45) is 0. The summed E-state index contributed by atoms with van der Waals surface area (Å²) in [5, 5.41) is 3.77. The van der Waals surface area contributed by atoms with Gasteiger partial charge in [0.05, 0.1) is 5.92 Å². The fourth-order valence-corrected chi connectivity index (χ4v) is 2.28. The minimum atomic E-state index is -0.248. The number of aryl methyl sites for hydroxylation is 1. The van der Waals surface area contributed by atoms with Crippen molar-refractivity contribution < 1.29 is 8.91 Å². The van der Waals surface area contributed by atoms with Crippen LogP contribution in [-0.4, -0.2) is 10.1 Å². The number of aromatic nitrogens is 2. The number of hydrogen-bond donors (Lipinski definition) is 0. The predicted molar refractivity (Wildman–Crippen MR) is 78.4 cm³/mol. The van der Waals surface area contributed by atoms with E-state index in [0.717, 1.165) is 11.1 Å². The standard InChI is InChI=1S/C17H15FN2O/c1-11(17-19-12(2)20-21-17)14-8-9-15(16(18)10-14)13-6-4-3-5-7-13/h3-11H,1-2H3. The van der Waals surface area contributed by atoms with Crippen molar-refractivity contribution in [1.82, 2.24) is 10.1 Å². The van der Waals surface area contributed by atoms with E-state index >= 15 is 0 Å². The Morgan fingerprint density at radius 2 is 1.86 bits per heavy atom. The second-order valence-corrected chi connectivity index (χ2v) is 5.01. The number of hydrogen-bond acceptors (Lipinski definition) is 3. The molecule has 1 atom stereocenters. The lowest BCUT2D eigenvalue weighted by molar-refractivity contribution is 0.367. The minimum absolute atomic E-state index is 0.134. The van der Waals surface area contributed by atoms with E-state index in [1.165, 1.54) is 6.07 Å². The molecule has 21 heavy (non-hydrogen) atoms. The van der Waals surface area contributed by atoms with Crippen LogP contribution in [0.3, 0.4) is 0 Å². The zero-order valence-corrected chi connectivity index (χ0v) is 11.9. The van der Waals surface area contributed by atoms with E-state index < -0.39 is 0 Å². The normalized spacial score (nSPS) is 12.3. The Bertz CT molecular complexity index is 752. The van der Waals surface area contributed by atoms with Crippen LogP contribution >= 0.6 is 0 Å². The molecule has 0 saturated heterocycles. The number of rotatable bonds is 3. The Morgan fingerprint density at radius 1 is 1.10 bits per heavy atom. The van der Waals surface area contributed by atoms with Gasteiger partial charge in [-0.1, -0.05) is 47.6 Å². The fraction of sp³-hybridized carbons (Fsp3) is 0.176. The molecule has 2 aromatic carbocycles. The highest BCUT2D eigenvalue weighted by molar-refractivity contribution is 5.64. The third-order valence-electron chi connectivity index (χ3n) is 3.49. The second-order valence-electron chi connectivity index (χ2n) is 5.01. The number of benzene rings is 2. The maximum absolute atomic E-state index is 14.4. The van der Waals surface area contributed by atoms with Crippen molar-refractivity contribution in [2.24, 2.45) is 0 Å². The zero-order valence-electron chi connectivity index (χ0n) is 11.9. The Balaban J connectivity index is 1.94. The summed E-state index contributed by atoms with van der Waals surface area (Å²) in [4.78, 5) is 4.20. The minimum Gasteiger partial charge on any atom is -0.339 e. The molecule has 1 unspecified atom stereocenters. The van der Waals surface area contributed by atoms with Gasteiger partial charge in [-0.05, 0) is 31.0 Å². The van der Waals surface area contributed by atoms with Gasteiger partial charge in [-0.15, -0.1) is 0 Å². The quantitative estimate of drug-likeness (QED) is 0.717. The number of nitrogens with zero attached hydrogens (tertiary/aromatic N) is 2. The highest BCUT2D eigenvalue weighted by atomic mass is 19.1. The Kier molecular flexibility index (Phi) is 3.52. The lowest BCUT2D eigenvalue weighted by Crippen LogP contribution is -1.98. The summed E-state index contributed by atoms with van der Waals surface area (Å²) in [6, 6.07) is 14.7. The molecular weight excluding hydrogens is 267 g/mol. The molecule has 0 radical (unpaired) electrons. The molecule has 1 heterocycles. The maximum Gasteiger partial charge on any atom is 0.233 e. The molecule has 1 aromatic heterocycles. The first kappa shape index (κ1) is 13.5. The van der Waals surface area contributed by atoms with E-state index in [2.05, 4.69) is 10.1 Å². The molecule has 3 aromatic rings. The van der Waals surface area contributed by atoms with E-state index in [0.29, 0.717) is 17.3 Å². The molecule has 3 rings (SSSR count). The van der Waals surface area contributed by atoms with Crippen molar-refractivity contribution in [3.63, 3.8) is 0 Å². The zero-order chi connectivity index (χ0) is 14.8. The van der Waals surface area contributed by atoms with Gasteiger partial charge in [0.2, 0.25) is 5.89 Å². The molecule has 0 amide bonds. The lowest BCUT2D eigenvalue weighted by atomic mass is 9.97. The second kappa shape index (κ2) is 5.48. The van der Waals surface area contributed by atoms with Crippen molar-refractivity contribution in [2.45, 2.75) is 19.8 Å². The van der Waals surface area contributed by atoms with Crippen molar-refractivity contribution in [2.75, 3.05) is 0 Å². The average molecular weight is 282 g/mol. The highest BCUT2D eigenvalue weighted by Gasteiger charge is 2.17. The highest BCUT2D eigenvalue weighted by Crippen LogP contribution is 2.28. The number of halogens is 1. The van der Waals surface area contributed by atoms with Gasteiger partial charge in [0, 0.05) is 5.56 Å². The molecular formula is C17H15FN2O. The van der Waals surface area contributed by atoms with Crippen LogP contribution in [0.15, 0.2) is 53.1 Å². The largest absolute Gasteiger partial charge is 0.339 e. The molecule has 0 N–H and O–H groups in total. The van der Waals surface area contributed by atoms with Crippen LogP contribution in [0.5, 0.6) is 0 Å². The molecule has 0 fully saturated rings. The topological polar surface area (TPSA) is 38.9 Å². The molecule has 4 heteroatoms. The molecule has 0 aliphatic rings. The summed E-state index contributed by atoms with van der Waals surface area (Å²) < 4.78 is 19.5. The van der Waals surface area contributed by atoms with Crippen LogP contribution in [0.4, 0.5) is 4.39 Å². The van der Waals surface area contributed by atoms with Crippen LogP contribution in [-0.2, 0) is 0 Å². The molecule has 0 bridgehead atoms. The SMILES string of the molecule is Cc1noc(C(C)c2ccc(-c3ccccc3)c(F)c2)n1. The predicted octanol–water partition coefficient (Wildman–Crippen LogP) is 4.34. The van der Waals surface area contributed by atoms with Crippen LogP contribution in [0.25, 0.3) is 11.1 Å². The summed E-state index contributed by atoms with van der Waals surface area (Å²) in [6.45, 7) is 3.68. The Hall–Kier alpha value is -2.49. The molecule has 106 valence electrons. The average Bonchev–Trinajstić information content (AvgIpc) is 2.94. The van der Waals surface area contributed by atoms with Crippen LogP contribution in [0.2, 0.25) is 0 Å². The maximum atomic E-state index is 14.4. The van der Waals surface area contributed by atoms with Crippen LogP contribution < -0.4 is 0 Å². The van der Waals surface area contributed by atoms with Crippen molar-refractivity contribution in [3.05, 3.63) is 71.6 Å². The van der Waals surface area contributed by atoms with Gasteiger partial charge in [0.1, 0.15) is 5.82 Å². The summed E-state index contributed by atoms with van der Waals surface area (Å²) in [5.41, 5.74) is 2.27. The first-order valence-corrected chi connectivity index (χ1v) is 6.80. The van der Waals surface area contributed by atoms with Crippen molar-refractivity contribution in [1.29, 1.82) is 0 Å². The first-order valence-electron chi connectivity index (χ1n) is 6.80. The van der Waals surface area contributed by atoms with Gasteiger partial charge in [0.15, 0.2) is 5.82 Å². The lowest BCUT2D eigenvalue weighted by Gasteiger charge is -2.10. The summed E-state index contributed by atoms with van der Waals surface area (Å²) in [7, 11) is 0. The summed E-state index contributed by atoms with van der Waals surface area (Å²) >= 11 is 0. The van der Waals surface area contributed by atoms with Crippen molar-refractivity contribution >= 4 is 0 Å². The molecule has 3 nitrogen and oxygen atoms in total. The van der Waals surface area contributed by atoms with E-state index in [1.54, 1.807) is 13.0 Å². The fourth-order valence-electron chi connectivity index (χ4n) is 2.28.